The number of nitriles is 1. The van der Waals surface area contributed by atoms with Gasteiger partial charge in [-0.15, -0.1) is 0 Å². The molecule has 5 rings (SSSR count). The Morgan fingerprint density at radius 1 is 1.07 bits per heavy atom. The van der Waals surface area contributed by atoms with E-state index in [1.807, 2.05) is 12.3 Å². The van der Waals surface area contributed by atoms with Crippen molar-refractivity contribution >= 4 is 5.57 Å². The summed E-state index contributed by atoms with van der Waals surface area (Å²) in [6, 6.07) is 4.26. The lowest BCUT2D eigenvalue weighted by Gasteiger charge is -2.57. The molecule has 1 aromatic heterocycles. The van der Waals surface area contributed by atoms with Crippen LogP contribution in [0.2, 0.25) is 0 Å². The first-order valence-corrected chi connectivity index (χ1v) is 10.9. The average molecular weight is 375 g/mol. The molecular weight excluding hydrogens is 344 g/mol. The molecule has 1 heterocycles. The Morgan fingerprint density at radius 3 is 2.71 bits per heavy atom. The van der Waals surface area contributed by atoms with Crippen molar-refractivity contribution in [3.05, 3.63) is 47.3 Å². The lowest BCUT2D eigenvalue weighted by atomic mass is 9.47. The fourth-order valence-electron chi connectivity index (χ4n) is 7.30. The summed E-state index contributed by atoms with van der Waals surface area (Å²) in [6.07, 6.45) is 16.2. The zero-order valence-corrected chi connectivity index (χ0v) is 17.0. The molecule has 0 bridgehead atoms. The van der Waals surface area contributed by atoms with E-state index in [9.17, 15) is 10.4 Å². The van der Waals surface area contributed by atoms with Crippen LogP contribution in [0.25, 0.3) is 5.57 Å². The highest BCUT2D eigenvalue weighted by molar-refractivity contribution is 5.73. The lowest BCUT2D eigenvalue weighted by molar-refractivity contribution is -0.0238. The van der Waals surface area contributed by atoms with Crippen molar-refractivity contribution in [1.29, 1.82) is 5.26 Å². The molecule has 0 aromatic carbocycles. The van der Waals surface area contributed by atoms with Gasteiger partial charge >= 0.3 is 0 Å². The number of aliphatic hydroxyl groups excluding tert-OH is 1. The molecule has 0 aliphatic heterocycles. The molecule has 146 valence electrons. The Balaban J connectivity index is 1.47. The minimum Gasteiger partial charge on any atom is -0.393 e. The molecule has 0 radical (unpaired) electrons. The normalized spacial score (nSPS) is 41.8. The van der Waals surface area contributed by atoms with Crippen LogP contribution in [0, 0.1) is 39.9 Å². The van der Waals surface area contributed by atoms with E-state index in [4.69, 9.17) is 0 Å². The second-order valence-corrected chi connectivity index (χ2v) is 10.0. The summed E-state index contributed by atoms with van der Waals surface area (Å²) in [6.45, 7) is 4.94. The second kappa shape index (κ2) is 6.29. The standard InChI is InChI=1S/C25H30N2O/c1-24-9-7-19(28)12-18(24)3-4-20-22-6-5-21(25(22,2)10-8-23(20)24)17-11-16(13-26)14-27-15-17/h3,5,11,14-15,19-20,22-23,28H,4,6-10,12H2,1-2H3/t19-,20?,22?,23?,24-,25+/m0/s1. The summed E-state index contributed by atoms with van der Waals surface area (Å²) < 4.78 is 0. The van der Waals surface area contributed by atoms with Gasteiger partial charge in [0.05, 0.1) is 11.7 Å². The molecular formula is C25H30N2O. The van der Waals surface area contributed by atoms with E-state index in [1.165, 1.54) is 30.4 Å². The quantitative estimate of drug-likeness (QED) is 0.681. The predicted molar refractivity (Wildman–Crippen MR) is 110 cm³/mol. The van der Waals surface area contributed by atoms with Crippen molar-refractivity contribution < 1.29 is 5.11 Å². The molecule has 2 fully saturated rings. The first kappa shape index (κ1) is 18.1. The molecule has 3 nitrogen and oxygen atoms in total. The highest BCUT2D eigenvalue weighted by Gasteiger charge is 2.56. The van der Waals surface area contributed by atoms with Crippen molar-refractivity contribution in [3.8, 4) is 6.07 Å². The predicted octanol–water partition coefficient (Wildman–Crippen LogP) is 5.27. The van der Waals surface area contributed by atoms with Gasteiger partial charge in [-0.05, 0) is 90.7 Å². The van der Waals surface area contributed by atoms with E-state index in [2.05, 4.69) is 37.1 Å². The number of allylic oxidation sites excluding steroid dienone is 3. The molecule has 3 heteroatoms. The highest BCUT2D eigenvalue weighted by atomic mass is 16.3. The zero-order chi connectivity index (χ0) is 19.5. The van der Waals surface area contributed by atoms with Gasteiger partial charge < -0.3 is 5.11 Å². The van der Waals surface area contributed by atoms with E-state index < -0.39 is 0 Å². The third-order valence-corrected chi connectivity index (χ3v) is 8.84. The molecule has 4 aliphatic carbocycles. The average Bonchev–Trinajstić information content (AvgIpc) is 3.06. The number of nitrogens with zero attached hydrogens (tertiary/aromatic N) is 2. The number of rotatable bonds is 1. The van der Waals surface area contributed by atoms with Crippen LogP contribution in [0.1, 0.15) is 69.9 Å². The number of aliphatic hydroxyl groups is 1. The van der Waals surface area contributed by atoms with E-state index in [1.54, 1.807) is 6.20 Å². The molecule has 3 unspecified atom stereocenters. The number of hydrogen-bond donors (Lipinski definition) is 1. The summed E-state index contributed by atoms with van der Waals surface area (Å²) in [7, 11) is 0. The third kappa shape index (κ3) is 2.47. The fourth-order valence-corrected chi connectivity index (χ4v) is 7.30. The van der Waals surface area contributed by atoms with E-state index in [-0.39, 0.29) is 16.9 Å². The van der Waals surface area contributed by atoms with E-state index in [0.717, 1.165) is 43.1 Å². The Labute approximate surface area is 168 Å². The van der Waals surface area contributed by atoms with Crippen LogP contribution in [0.5, 0.6) is 0 Å². The summed E-state index contributed by atoms with van der Waals surface area (Å²) >= 11 is 0. The van der Waals surface area contributed by atoms with Crippen molar-refractivity contribution in [3.63, 3.8) is 0 Å². The fraction of sp³-hybridized carbons (Fsp3) is 0.600. The number of fused-ring (bicyclic) bond motifs is 5. The minimum absolute atomic E-state index is 0.135. The molecule has 1 aromatic rings. The maximum atomic E-state index is 10.2. The highest BCUT2D eigenvalue weighted by Crippen LogP contribution is 2.66. The second-order valence-electron chi connectivity index (χ2n) is 10.0. The van der Waals surface area contributed by atoms with Crippen molar-refractivity contribution in [1.82, 2.24) is 4.98 Å². The van der Waals surface area contributed by atoms with Crippen LogP contribution < -0.4 is 0 Å². The summed E-state index contributed by atoms with van der Waals surface area (Å²) in [5.74, 6) is 2.14. The maximum absolute atomic E-state index is 10.2. The Morgan fingerprint density at radius 2 is 1.89 bits per heavy atom. The van der Waals surface area contributed by atoms with Crippen LogP contribution in [-0.4, -0.2) is 16.2 Å². The molecule has 0 spiro atoms. The molecule has 6 atom stereocenters. The first-order valence-electron chi connectivity index (χ1n) is 10.9. The van der Waals surface area contributed by atoms with Gasteiger partial charge in [-0.1, -0.05) is 31.6 Å². The van der Waals surface area contributed by atoms with E-state index >= 15 is 0 Å². The molecule has 2 saturated carbocycles. The molecule has 1 N–H and O–H groups in total. The van der Waals surface area contributed by atoms with Crippen LogP contribution in [0.4, 0.5) is 0 Å². The van der Waals surface area contributed by atoms with Crippen LogP contribution in [0.15, 0.2) is 36.2 Å². The van der Waals surface area contributed by atoms with Gasteiger partial charge in [0.15, 0.2) is 0 Å². The molecule has 4 aliphatic rings. The van der Waals surface area contributed by atoms with Crippen LogP contribution in [-0.2, 0) is 0 Å². The zero-order valence-electron chi connectivity index (χ0n) is 17.0. The van der Waals surface area contributed by atoms with Crippen molar-refractivity contribution in [2.45, 2.75) is 64.9 Å². The topological polar surface area (TPSA) is 56.9 Å². The van der Waals surface area contributed by atoms with E-state index in [0.29, 0.717) is 11.5 Å². The third-order valence-electron chi connectivity index (χ3n) is 8.84. The van der Waals surface area contributed by atoms with Gasteiger partial charge in [0.25, 0.3) is 0 Å². The number of pyridine rings is 1. The minimum atomic E-state index is -0.135. The lowest BCUT2D eigenvalue weighted by Crippen LogP contribution is -2.49. The number of aromatic nitrogens is 1. The van der Waals surface area contributed by atoms with Crippen molar-refractivity contribution in [2.24, 2.45) is 28.6 Å². The van der Waals surface area contributed by atoms with Crippen LogP contribution >= 0.6 is 0 Å². The Hall–Kier alpha value is -1.92. The van der Waals surface area contributed by atoms with Crippen molar-refractivity contribution in [2.75, 3.05) is 0 Å². The van der Waals surface area contributed by atoms with Gasteiger partial charge in [-0.3, -0.25) is 4.98 Å². The van der Waals surface area contributed by atoms with Gasteiger partial charge in [-0.2, -0.15) is 5.26 Å². The monoisotopic (exact) mass is 374 g/mol. The van der Waals surface area contributed by atoms with Gasteiger partial charge in [0.1, 0.15) is 6.07 Å². The first-order chi connectivity index (χ1) is 13.5. The van der Waals surface area contributed by atoms with Gasteiger partial charge in [-0.25, -0.2) is 0 Å². The Bertz CT molecular complexity index is 909. The molecule has 28 heavy (non-hydrogen) atoms. The smallest absolute Gasteiger partial charge is 0.101 e. The maximum Gasteiger partial charge on any atom is 0.101 e. The Kier molecular flexibility index (Phi) is 4.07. The van der Waals surface area contributed by atoms with Gasteiger partial charge in [0, 0.05) is 12.4 Å². The largest absolute Gasteiger partial charge is 0.393 e. The molecule has 0 amide bonds. The summed E-state index contributed by atoms with van der Waals surface area (Å²) in [5.41, 5.74) is 5.22. The molecule has 0 saturated heterocycles. The van der Waals surface area contributed by atoms with Crippen LogP contribution in [0.3, 0.4) is 0 Å². The summed E-state index contributed by atoms with van der Waals surface area (Å²) in [5, 5.41) is 19.5. The number of hydrogen-bond acceptors (Lipinski definition) is 3. The summed E-state index contributed by atoms with van der Waals surface area (Å²) in [4.78, 5) is 4.33. The SMILES string of the molecule is C[C@]12CC[C@H](O)CC1=CCC1C2CC[C@]2(C)C(c3cncc(C#N)c3)=CCC12. The van der Waals surface area contributed by atoms with Gasteiger partial charge in [0.2, 0.25) is 0 Å².